The lowest BCUT2D eigenvalue weighted by Crippen LogP contribution is -2.27. The second-order valence-electron chi connectivity index (χ2n) is 12.7. The Morgan fingerprint density at radius 2 is 1.16 bits per heavy atom. The number of anilines is 2. The molecule has 2 atom stereocenters. The van der Waals surface area contributed by atoms with Gasteiger partial charge >= 0.3 is 0 Å². The van der Waals surface area contributed by atoms with E-state index in [1.165, 1.54) is 0 Å². The number of imidazole rings is 1. The molecule has 11 nitrogen and oxygen atoms in total. The minimum absolute atomic E-state index is 0.0343. The molecule has 2 aromatic heterocycles. The van der Waals surface area contributed by atoms with E-state index >= 15 is 0 Å². The van der Waals surface area contributed by atoms with Crippen molar-refractivity contribution in [3.8, 4) is 17.4 Å². The smallest absolute Gasteiger partial charge is 0.246 e. The average Bonchev–Trinajstić information content (AvgIpc) is 3.67. The third-order valence-corrected chi connectivity index (χ3v) is 9.29. The molecule has 55 heavy (non-hydrogen) atoms. The van der Waals surface area contributed by atoms with Gasteiger partial charge in [-0.3, -0.25) is 9.47 Å². The first-order valence-electron chi connectivity index (χ1n) is 17.9. The van der Waals surface area contributed by atoms with Gasteiger partial charge in [-0.05, 0) is 58.7 Å². The molecule has 11 heteroatoms. The summed E-state index contributed by atoms with van der Waals surface area (Å²) in [6.07, 6.45) is 0.597. The van der Waals surface area contributed by atoms with Crippen LogP contribution in [0.4, 0.5) is 11.6 Å². The highest BCUT2D eigenvalue weighted by atomic mass is 16.5. The van der Waals surface area contributed by atoms with Crippen LogP contribution < -0.4 is 19.1 Å². The molecular weight excluding hydrogens is 695 g/mol. The Balaban J connectivity index is 1.21. The van der Waals surface area contributed by atoms with Crippen molar-refractivity contribution in [2.24, 2.45) is 0 Å². The Kier molecular flexibility index (Phi) is 11.9. The van der Waals surface area contributed by atoms with Crippen LogP contribution in [0.15, 0.2) is 146 Å². The zero-order valence-corrected chi connectivity index (χ0v) is 30.9. The van der Waals surface area contributed by atoms with Crippen molar-refractivity contribution in [3.05, 3.63) is 168 Å². The van der Waals surface area contributed by atoms with Gasteiger partial charge in [-0.25, -0.2) is 4.98 Å². The summed E-state index contributed by atoms with van der Waals surface area (Å²) in [6.45, 7) is -0.104. The monoisotopic (exact) mass is 737 g/mol. The molecule has 0 amide bonds. The van der Waals surface area contributed by atoms with Crippen LogP contribution in [0.3, 0.4) is 0 Å². The summed E-state index contributed by atoms with van der Waals surface area (Å²) in [4.78, 5) is 16.7. The predicted molar refractivity (Wildman–Crippen MR) is 211 cm³/mol. The highest BCUT2D eigenvalue weighted by molar-refractivity contribution is 5.79. The number of hydrogen-bond donors (Lipinski definition) is 1. The Morgan fingerprint density at radius 1 is 0.618 bits per heavy atom. The minimum atomic E-state index is -0.651. The summed E-state index contributed by atoms with van der Waals surface area (Å²) in [5, 5.41) is 10.4. The minimum Gasteiger partial charge on any atom is -0.497 e. The number of aromatic nitrogens is 4. The van der Waals surface area contributed by atoms with Crippen molar-refractivity contribution >= 4 is 22.8 Å². The fraction of sp³-hybridized carbons (Fsp3) is 0.205. The maximum Gasteiger partial charge on any atom is 0.246 e. The van der Waals surface area contributed by atoms with Gasteiger partial charge in [0.15, 0.2) is 11.2 Å². The number of aliphatic hydroxyl groups is 1. The number of rotatable bonds is 17. The maximum absolute atomic E-state index is 10.4. The Hall–Kier alpha value is -6.27. The van der Waals surface area contributed by atoms with Crippen LogP contribution in [0, 0.1) is 0 Å². The molecule has 2 heterocycles. The molecule has 7 rings (SSSR count). The van der Waals surface area contributed by atoms with Gasteiger partial charge in [0.1, 0.15) is 30.4 Å². The summed E-state index contributed by atoms with van der Waals surface area (Å²) in [6, 6.07) is 45.6. The summed E-state index contributed by atoms with van der Waals surface area (Å²) >= 11 is 0. The number of ether oxygens (including phenoxy) is 5. The van der Waals surface area contributed by atoms with Crippen molar-refractivity contribution in [1.82, 2.24) is 19.5 Å². The molecule has 280 valence electrons. The van der Waals surface area contributed by atoms with Crippen LogP contribution in [0.1, 0.15) is 34.4 Å². The SMILES string of the molecule is COc1ccc(C(OCC(CO)OCn2cnc3c(OC)nc(N(c4ccc(OC)cc4)C(c4ccccc4)c4ccccc4)nc32)c2ccccc2)cc1. The van der Waals surface area contributed by atoms with Crippen LogP contribution in [-0.2, 0) is 16.2 Å². The van der Waals surface area contributed by atoms with E-state index in [0.717, 1.165) is 39.4 Å². The topological polar surface area (TPSA) is 113 Å². The summed E-state index contributed by atoms with van der Waals surface area (Å²) in [5.41, 5.74) is 5.82. The summed E-state index contributed by atoms with van der Waals surface area (Å²) in [5.74, 6) is 2.18. The second-order valence-corrected chi connectivity index (χ2v) is 12.7. The van der Waals surface area contributed by atoms with Crippen LogP contribution in [0.25, 0.3) is 11.2 Å². The van der Waals surface area contributed by atoms with Gasteiger partial charge < -0.3 is 28.8 Å². The van der Waals surface area contributed by atoms with Gasteiger partial charge in [0, 0.05) is 5.69 Å². The molecule has 0 radical (unpaired) electrons. The lowest BCUT2D eigenvalue weighted by Gasteiger charge is -2.33. The molecule has 0 fully saturated rings. The van der Waals surface area contributed by atoms with Gasteiger partial charge in [0.2, 0.25) is 11.8 Å². The highest BCUT2D eigenvalue weighted by Gasteiger charge is 2.29. The van der Waals surface area contributed by atoms with E-state index in [1.807, 2.05) is 115 Å². The van der Waals surface area contributed by atoms with Gasteiger partial charge in [0.25, 0.3) is 0 Å². The molecule has 0 spiro atoms. The molecule has 7 aromatic rings. The van der Waals surface area contributed by atoms with E-state index in [9.17, 15) is 5.11 Å². The second kappa shape index (κ2) is 17.7. The summed E-state index contributed by atoms with van der Waals surface area (Å²) < 4.78 is 31.2. The van der Waals surface area contributed by atoms with Gasteiger partial charge in [0.05, 0.1) is 46.9 Å². The molecule has 0 aliphatic heterocycles. The van der Waals surface area contributed by atoms with Gasteiger partial charge in [-0.2, -0.15) is 9.97 Å². The van der Waals surface area contributed by atoms with Crippen molar-refractivity contribution in [3.63, 3.8) is 0 Å². The van der Waals surface area contributed by atoms with E-state index in [4.69, 9.17) is 33.7 Å². The third kappa shape index (κ3) is 8.44. The van der Waals surface area contributed by atoms with E-state index in [2.05, 4.69) is 34.1 Å². The molecule has 5 aromatic carbocycles. The molecule has 2 unspecified atom stereocenters. The normalized spacial score (nSPS) is 12.4. The van der Waals surface area contributed by atoms with E-state index < -0.39 is 6.10 Å². The average molecular weight is 738 g/mol. The number of fused-ring (bicyclic) bond motifs is 1. The Labute approximate surface area is 320 Å². The van der Waals surface area contributed by atoms with Crippen LogP contribution in [-0.4, -0.2) is 65.3 Å². The molecule has 0 aliphatic carbocycles. The molecule has 0 aliphatic rings. The Bertz CT molecular complexity index is 2200. The number of benzene rings is 5. The lowest BCUT2D eigenvalue weighted by atomic mass is 9.96. The summed E-state index contributed by atoms with van der Waals surface area (Å²) in [7, 11) is 4.85. The van der Waals surface area contributed by atoms with Gasteiger partial charge in [-0.15, -0.1) is 0 Å². The fourth-order valence-electron chi connectivity index (χ4n) is 6.47. The number of nitrogens with zero attached hydrogens (tertiary/aromatic N) is 5. The quantitative estimate of drug-likeness (QED) is 0.0989. The molecular formula is C44H43N5O6. The van der Waals surface area contributed by atoms with Crippen LogP contribution in [0.5, 0.6) is 17.4 Å². The Morgan fingerprint density at radius 3 is 1.71 bits per heavy atom. The maximum atomic E-state index is 10.4. The third-order valence-electron chi connectivity index (χ3n) is 9.29. The molecule has 0 saturated heterocycles. The number of aliphatic hydroxyl groups excluding tert-OH is 1. The number of hydrogen-bond acceptors (Lipinski definition) is 10. The van der Waals surface area contributed by atoms with Crippen LogP contribution >= 0.6 is 0 Å². The number of methoxy groups -OCH3 is 3. The lowest BCUT2D eigenvalue weighted by molar-refractivity contribution is -0.0778. The van der Waals surface area contributed by atoms with E-state index in [-0.39, 0.29) is 32.1 Å². The zero-order valence-electron chi connectivity index (χ0n) is 30.9. The van der Waals surface area contributed by atoms with Crippen molar-refractivity contribution < 1.29 is 28.8 Å². The van der Waals surface area contributed by atoms with E-state index in [0.29, 0.717) is 23.0 Å². The largest absolute Gasteiger partial charge is 0.497 e. The fourth-order valence-corrected chi connectivity index (χ4v) is 6.47. The molecule has 0 saturated carbocycles. The molecule has 1 N–H and O–H groups in total. The standard InChI is InChI=1S/C44H43N5O6/c1-51-36-23-19-34(20-24-36)41(33-17-11-6-12-18-33)54-28-38(27-50)55-30-48-29-45-39-42(48)46-44(47-43(39)53-3)49(35-21-25-37(52-2)26-22-35)40(31-13-7-4-8-14-31)32-15-9-5-10-16-32/h4-26,29,38,40-41,50H,27-28,30H2,1-3H3. The van der Waals surface area contributed by atoms with Crippen molar-refractivity contribution in [2.75, 3.05) is 39.4 Å². The van der Waals surface area contributed by atoms with Crippen molar-refractivity contribution in [1.29, 1.82) is 0 Å². The van der Waals surface area contributed by atoms with E-state index in [1.54, 1.807) is 32.2 Å². The van der Waals surface area contributed by atoms with Crippen molar-refractivity contribution in [2.45, 2.75) is 25.0 Å². The molecule has 0 bridgehead atoms. The first-order chi connectivity index (χ1) is 27.1. The first-order valence-corrected chi connectivity index (χ1v) is 17.9. The zero-order chi connectivity index (χ0) is 38.0. The highest BCUT2D eigenvalue weighted by Crippen LogP contribution is 2.40. The van der Waals surface area contributed by atoms with Crippen LogP contribution in [0.2, 0.25) is 0 Å². The first kappa shape index (κ1) is 37.1. The van der Waals surface area contributed by atoms with Gasteiger partial charge in [-0.1, -0.05) is 103 Å². The predicted octanol–water partition coefficient (Wildman–Crippen LogP) is 7.92.